The molecule has 34 heavy (non-hydrogen) atoms. The second-order valence-corrected chi connectivity index (χ2v) is 8.96. The highest BCUT2D eigenvalue weighted by atomic mass is 35.5. The Kier molecular flexibility index (Phi) is 6.86. The molecule has 0 spiro atoms. The van der Waals surface area contributed by atoms with Crippen LogP contribution >= 0.6 is 11.6 Å². The number of halogens is 1. The van der Waals surface area contributed by atoms with Crippen LogP contribution in [0.3, 0.4) is 0 Å². The predicted molar refractivity (Wildman–Crippen MR) is 138 cm³/mol. The van der Waals surface area contributed by atoms with Crippen LogP contribution in [0.4, 0.5) is 5.69 Å². The van der Waals surface area contributed by atoms with Gasteiger partial charge in [-0.3, -0.25) is 20.3 Å². The summed E-state index contributed by atoms with van der Waals surface area (Å²) in [5.41, 5.74) is 3.12. The Hall–Kier alpha value is -3.42. The van der Waals surface area contributed by atoms with Crippen molar-refractivity contribution in [1.29, 1.82) is 5.41 Å². The molecule has 1 aliphatic heterocycles. The summed E-state index contributed by atoms with van der Waals surface area (Å²) < 4.78 is 2.01. The molecule has 0 saturated heterocycles. The molecule has 0 unspecified atom stereocenters. The van der Waals surface area contributed by atoms with E-state index < -0.39 is 11.8 Å². The molecule has 4 rings (SSSR count). The molecule has 1 aliphatic rings. The molecular weight excluding hydrogens is 450 g/mol. The molecule has 0 radical (unpaired) electrons. The van der Waals surface area contributed by atoms with E-state index in [9.17, 15) is 9.59 Å². The molecule has 0 saturated carbocycles. The fraction of sp³-hybridized carbons (Fsp3) is 0.269. The molecule has 2 aromatic carbocycles. The molecule has 0 atom stereocenters. The number of benzene rings is 2. The van der Waals surface area contributed by atoms with Crippen LogP contribution in [0.5, 0.6) is 0 Å². The lowest BCUT2D eigenvalue weighted by molar-refractivity contribution is -0.123. The topological polar surface area (TPSA) is 90.2 Å². The number of amides is 2. The molecule has 7 nitrogen and oxygen atoms in total. The minimum absolute atomic E-state index is 0.00786. The number of anilines is 1. The van der Waals surface area contributed by atoms with E-state index in [0.29, 0.717) is 22.7 Å². The van der Waals surface area contributed by atoms with E-state index in [0.717, 1.165) is 36.1 Å². The maximum absolute atomic E-state index is 13.0. The van der Waals surface area contributed by atoms with Gasteiger partial charge in [0.05, 0.1) is 16.9 Å². The van der Waals surface area contributed by atoms with Crippen LogP contribution in [0.2, 0.25) is 5.02 Å². The minimum atomic E-state index is -0.563. The van der Waals surface area contributed by atoms with Gasteiger partial charge in [0, 0.05) is 52.0 Å². The number of imide groups is 1. The Balaban J connectivity index is 1.80. The third-order valence-corrected chi connectivity index (χ3v) is 6.16. The zero-order chi connectivity index (χ0) is 24.4. The van der Waals surface area contributed by atoms with Gasteiger partial charge in [-0.05, 0) is 58.3 Å². The summed E-state index contributed by atoms with van der Waals surface area (Å²) >= 11 is 6.26. The lowest BCUT2D eigenvalue weighted by atomic mass is 9.93. The molecule has 0 fully saturated rings. The molecule has 176 valence electrons. The SMILES string of the molecule is CCn1cc(C2=C(C(=N)c3ccccc3NCCCN(C)C)C(=O)NC2=O)c2cc(Cl)ccc21. The highest BCUT2D eigenvalue weighted by molar-refractivity contribution is 6.48. The van der Waals surface area contributed by atoms with E-state index in [4.69, 9.17) is 17.0 Å². The number of carbonyl (C=O) groups excluding carboxylic acids is 2. The van der Waals surface area contributed by atoms with Gasteiger partial charge < -0.3 is 14.8 Å². The van der Waals surface area contributed by atoms with Crippen molar-refractivity contribution in [3.05, 3.63) is 70.4 Å². The van der Waals surface area contributed by atoms with Crippen LogP contribution in [0.25, 0.3) is 16.5 Å². The molecule has 2 heterocycles. The number of aryl methyl sites for hydroxylation is 1. The number of aromatic nitrogens is 1. The number of nitrogens with zero attached hydrogens (tertiary/aromatic N) is 2. The lowest BCUT2D eigenvalue weighted by Gasteiger charge is -2.15. The minimum Gasteiger partial charge on any atom is -0.384 e. The Morgan fingerprint density at radius 3 is 2.65 bits per heavy atom. The van der Waals surface area contributed by atoms with Crippen LogP contribution in [0, 0.1) is 5.41 Å². The van der Waals surface area contributed by atoms with Crippen LogP contribution in [-0.4, -0.2) is 54.2 Å². The maximum atomic E-state index is 13.0. The van der Waals surface area contributed by atoms with Crippen molar-refractivity contribution in [1.82, 2.24) is 14.8 Å². The number of carbonyl (C=O) groups is 2. The molecule has 0 aliphatic carbocycles. The van der Waals surface area contributed by atoms with Crippen molar-refractivity contribution >= 4 is 51.3 Å². The lowest BCUT2D eigenvalue weighted by Crippen LogP contribution is -2.25. The van der Waals surface area contributed by atoms with E-state index in [-0.39, 0.29) is 16.9 Å². The third-order valence-electron chi connectivity index (χ3n) is 5.93. The van der Waals surface area contributed by atoms with Crippen molar-refractivity contribution in [2.45, 2.75) is 19.9 Å². The van der Waals surface area contributed by atoms with Gasteiger partial charge in [0.25, 0.3) is 11.8 Å². The number of fused-ring (bicyclic) bond motifs is 1. The summed E-state index contributed by atoms with van der Waals surface area (Å²) in [7, 11) is 4.05. The van der Waals surface area contributed by atoms with Gasteiger partial charge in [0.1, 0.15) is 0 Å². The number of hydrogen-bond acceptors (Lipinski definition) is 5. The molecule has 1 aromatic heterocycles. The van der Waals surface area contributed by atoms with Gasteiger partial charge in [-0.25, -0.2) is 0 Å². The van der Waals surface area contributed by atoms with Crippen molar-refractivity contribution in [3.63, 3.8) is 0 Å². The first kappa shape index (κ1) is 23.7. The van der Waals surface area contributed by atoms with E-state index >= 15 is 0 Å². The zero-order valence-electron chi connectivity index (χ0n) is 19.5. The van der Waals surface area contributed by atoms with E-state index in [2.05, 4.69) is 15.5 Å². The van der Waals surface area contributed by atoms with Crippen LogP contribution in [-0.2, 0) is 16.1 Å². The summed E-state index contributed by atoms with van der Waals surface area (Å²) in [4.78, 5) is 28.0. The average Bonchev–Trinajstić information content (AvgIpc) is 3.31. The van der Waals surface area contributed by atoms with Gasteiger partial charge in [-0.2, -0.15) is 0 Å². The van der Waals surface area contributed by atoms with Gasteiger partial charge in [0.2, 0.25) is 0 Å². The van der Waals surface area contributed by atoms with E-state index in [1.807, 2.05) is 56.0 Å². The summed E-state index contributed by atoms with van der Waals surface area (Å²) in [6, 6.07) is 12.9. The molecule has 2 amide bonds. The van der Waals surface area contributed by atoms with Crippen molar-refractivity contribution < 1.29 is 9.59 Å². The Morgan fingerprint density at radius 1 is 1.15 bits per heavy atom. The zero-order valence-corrected chi connectivity index (χ0v) is 20.3. The van der Waals surface area contributed by atoms with Gasteiger partial charge in [0.15, 0.2) is 0 Å². The molecule has 3 aromatic rings. The van der Waals surface area contributed by atoms with Crippen molar-refractivity contribution in [2.24, 2.45) is 0 Å². The first-order chi connectivity index (χ1) is 16.3. The normalized spacial score (nSPS) is 13.8. The Morgan fingerprint density at radius 2 is 1.91 bits per heavy atom. The molecule has 0 bridgehead atoms. The Labute approximate surface area is 203 Å². The predicted octanol–water partition coefficient (Wildman–Crippen LogP) is 4.16. The van der Waals surface area contributed by atoms with Crippen molar-refractivity contribution in [3.8, 4) is 0 Å². The van der Waals surface area contributed by atoms with Gasteiger partial charge in [-0.15, -0.1) is 0 Å². The number of hydrogen-bond donors (Lipinski definition) is 3. The first-order valence-electron chi connectivity index (χ1n) is 11.3. The highest BCUT2D eigenvalue weighted by Crippen LogP contribution is 2.35. The fourth-order valence-corrected chi connectivity index (χ4v) is 4.46. The Bertz CT molecular complexity index is 1320. The summed E-state index contributed by atoms with van der Waals surface area (Å²) in [5, 5.41) is 16.0. The molecule has 8 heteroatoms. The quantitative estimate of drug-likeness (QED) is 0.245. The average molecular weight is 478 g/mol. The van der Waals surface area contributed by atoms with Crippen LogP contribution < -0.4 is 10.6 Å². The summed E-state index contributed by atoms with van der Waals surface area (Å²) in [6.45, 7) is 4.35. The number of rotatable bonds is 9. The third kappa shape index (κ3) is 4.49. The number of nitrogens with one attached hydrogen (secondary N) is 3. The summed E-state index contributed by atoms with van der Waals surface area (Å²) in [6.07, 6.45) is 2.78. The second-order valence-electron chi connectivity index (χ2n) is 8.53. The maximum Gasteiger partial charge on any atom is 0.261 e. The number of para-hydroxylation sites is 1. The summed E-state index contributed by atoms with van der Waals surface area (Å²) in [5.74, 6) is -1.07. The molecular formula is C26H28ClN5O2. The molecule has 3 N–H and O–H groups in total. The largest absolute Gasteiger partial charge is 0.384 e. The standard InChI is InChI=1S/C26H28ClN5O2/c1-4-32-15-19(18-14-16(27)10-11-21(18)32)22-23(26(34)30-25(22)33)24(28)17-8-5-6-9-20(17)29-12-7-13-31(2)3/h5-6,8-11,14-15,28-29H,4,7,12-13H2,1-3H3,(H,30,33,34). The first-order valence-corrected chi connectivity index (χ1v) is 11.6. The van der Waals surface area contributed by atoms with Crippen LogP contribution in [0.1, 0.15) is 24.5 Å². The van der Waals surface area contributed by atoms with E-state index in [1.165, 1.54) is 0 Å². The highest BCUT2D eigenvalue weighted by Gasteiger charge is 2.36. The van der Waals surface area contributed by atoms with Gasteiger partial charge >= 0.3 is 0 Å². The monoisotopic (exact) mass is 477 g/mol. The smallest absolute Gasteiger partial charge is 0.261 e. The van der Waals surface area contributed by atoms with Gasteiger partial charge in [-0.1, -0.05) is 29.8 Å². The second kappa shape index (κ2) is 9.83. The van der Waals surface area contributed by atoms with Crippen LogP contribution in [0.15, 0.2) is 54.2 Å². The van der Waals surface area contributed by atoms with E-state index in [1.54, 1.807) is 18.2 Å². The fourth-order valence-electron chi connectivity index (χ4n) is 4.29. The van der Waals surface area contributed by atoms with Crippen molar-refractivity contribution in [2.75, 3.05) is 32.5 Å².